The van der Waals surface area contributed by atoms with E-state index in [9.17, 15) is 9.90 Å². The van der Waals surface area contributed by atoms with E-state index in [0.29, 0.717) is 29.3 Å². The molecule has 0 saturated carbocycles. The largest absolute Gasteiger partial charge is 0.494 e. The number of benzene rings is 2. The van der Waals surface area contributed by atoms with Gasteiger partial charge >= 0.3 is 0 Å². The van der Waals surface area contributed by atoms with Crippen molar-refractivity contribution in [2.24, 2.45) is 0 Å². The molecule has 2 heterocycles. The number of carbonyl (C=O) groups excluding carboxylic acids is 1. The average molecular weight is 432 g/mol. The van der Waals surface area contributed by atoms with Crippen LogP contribution in [0.1, 0.15) is 24.9 Å². The van der Waals surface area contributed by atoms with Crippen LogP contribution in [0.25, 0.3) is 10.8 Å². The van der Waals surface area contributed by atoms with Gasteiger partial charge in [-0.1, -0.05) is 24.3 Å². The number of anilines is 1. The summed E-state index contributed by atoms with van der Waals surface area (Å²) in [5.41, 5.74) is 0.791. The molecular formula is C24H24N4O4. The third-order valence-electron chi connectivity index (χ3n) is 5.16. The van der Waals surface area contributed by atoms with E-state index in [0.717, 1.165) is 10.9 Å². The molecule has 0 aliphatic rings. The summed E-state index contributed by atoms with van der Waals surface area (Å²) >= 11 is 0. The molecule has 2 aromatic carbocycles. The van der Waals surface area contributed by atoms with Gasteiger partial charge in [-0.05, 0) is 36.8 Å². The maximum Gasteiger partial charge on any atom is 0.227 e. The smallest absolute Gasteiger partial charge is 0.227 e. The number of nitrogens with one attached hydrogen (secondary N) is 1. The number of methoxy groups -OCH3 is 1. The van der Waals surface area contributed by atoms with E-state index in [-0.39, 0.29) is 18.2 Å². The highest BCUT2D eigenvalue weighted by atomic mass is 16.5. The maximum absolute atomic E-state index is 12.9. The molecule has 32 heavy (non-hydrogen) atoms. The highest BCUT2D eigenvalue weighted by molar-refractivity contribution is 5.91. The van der Waals surface area contributed by atoms with Crippen molar-refractivity contribution in [3.05, 3.63) is 72.8 Å². The van der Waals surface area contributed by atoms with Crippen LogP contribution in [0.15, 0.2) is 67.3 Å². The van der Waals surface area contributed by atoms with Gasteiger partial charge in [0.15, 0.2) is 17.4 Å². The van der Waals surface area contributed by atoms with Gasteiger partial charge in [0, 0.05) is 23.2 Å². The van der Waals surface area contributed by atoms with E-state index >= 15 is 0 Å². The molecule has 1 atom stereocenters. The van der Waals surface area contributed by atoms with Gasteiger partial charge in [0.25, 0.3) is 0 Å². The fraction of sp³-hybridized carbons (Fsp3) is 0.208. The highest BCUT2D eigenvalue weighted by Gasteiger charge is 2.23. The predicted molar refractivity (Wildman–Crippen MR) is 121 cm³/mol. The van der Waals surface area contributed by atoms with E-state index in [1.54, 1.807) is 23.9 Å². The quantitative estimate of drug-likeness (QED) is 0.434. The van der Waals surface area contributed by atoms with Crippen LogP contribution in [0.4, 0.5) is 5.82 Å². The Labute approximate surface area is 185 Å². The molecule has 1 amide bonds. The first kappa shape index (κ1) is 21.2. The molecule has 0 spiro atoms. The zero-order valence-electron chi connectivity index (χ0n) is 17.9. The summed E-state index contributed by atoms with van der Waals surface area (Å²) in [6.45, 7) is 2.40. The van der Waals surface area contributed by atoms with Crippen molar-refractivity contribution in [3.8, 4) is 17.4 Å². The van der Waals surface area contributed by atoms with Crippen molar-refractivity contribution < 1.29 is 19.4 Å². The molecule has 0 aliphatic carbocycles. The Morgan fingerprint density at radius 1 is 1.19 bits per heavy atom. The van der Waals surface area contributed by atoms with Crippen LogP contribution in [0, 0.1) is 0 Å². The molecule has 4 aromatic rings. The first-order valence-corrected chi connectivity index (χ1v) is 10.3. The lowest BCUT2D eigenvalue weighted by Gasteiger charge is -2.21. The number of hydrogen-bond acceptors (Lipinski definition) is 6. The zero-order valence-corrected chi connectivity index (χ0v) is 17.9. The van der Waals surface area contributed by atoms with Gasteiger partial charge in [0.2, 0.25) is 5.91 Å². The molecule has 0 saturated heterocycles. The minimum atomic E-state index is -0.492. The zero-order chi connectivity index (χ0) is 22.5. The summed E-state index contributed by atoms with van der Waals surface area (Å²) in [7, 11) is 1.57. The number of amides is 1. The number of hydrogen-bond donors (Lipinski definition) is 2. The minimum Gasteiger partial charge on any atom is -0.494 e. The van der Waals surface area contributed by atoms with Gasteiger partial charge in [-0.3, -0.25) is 4.79 Å². The van der Waals surface area contributed by atoms with Crippen LogP contribution in [-0.4, -0.2) is 39.3 Å². The molecule has 8 nitrogen and oxygen atoms in total. The minimum absolute atomic E-state index is 0.0652. The van der Waals surface area contributed by atoms with E-state index in [1.807, 2.05) is 55.6 Å². The monoisotopic (exact) mass is 432 g/mol. The Morgan fingerprint density at radius 3 is 2.75 bits per heavy atom. The van der Waals surface area contributed by atoms with Crippen molar-refractivity contribution in [2.75, 3.05) is 19.0 Å². The van der Waals surface area contributed by atoms with Gasteiger partial charge in [0.05, 0.1) is 26.2 Å². The van der Waals surface area contributed by atoms with Crippen LogP contribution in [-0.2, 0) is 4.79 Å². The molecule has 0 aliphatic heterocycles. The normalized spacial score (nSPS) is 11.8. The summed E-state index contributed by atoms with van der Waals surface area (Å²) < 4.78 is 12.8. The molecule has 164 valence electrons. The van der Waals surface area contributed by atoms with Gasteiger partial charge in [-0.25, -0.2) is 9.97 Å². The van der Waals surface area contributed by atoms with Gasteiger partial charge in [-0.2, -0.15) is 0 Å². The fourth-order valence-electron chi connectivity index (χ4n) is 3.68. The topological polar surface area (TPSA) is 98.5 Å². The van der Waals surface area contributed by atoms with Gasteiger partial charge < -0.3 is 24.5 Å². The lowest BCUT2D eigenvalue weighted by atomic mass is 10.0. The third-order valence-corrected chi connectivity index (χ3v) is 5.16. The standard InChI is InChI=1S/C24H24N4O4/c1-3-32-20-9-8-16(12-21(20)31-2)19(13-23(29)27-22-10-11-25-15-26-22)28-14-17-6-4-5-7-18(17)24(28)30/h4-12,14-15,19,30H,3,13H2,1-2H3,(H,25,26,27,29). The molecule has 1 unspecified atom stereocenters. The summed E-state index contributed by atoms with van der Waals surface area (Å²) in [6.07, 6.45) is 4.84. The van der Waals surface area contributed by atoms with Crippen molar-refractivity contribution in [1.82, 2.24) is 14.5 Å². The van der Waals surface area contributed by atoms with Crippen molar-refractivity contribution >= 4 is 22.5 Å². The Morgan fingerprint density at radius 2 is 2.03 bits per heavy atom. The summed E-state index contributed by atoms with van der Waals surface area (Å²) in [4.78, 5) is 20.8. The third kappa shape index (κ3) is 4.34. The molecule has 0 radical (unpaired) electrons. The Bertz CT molecular complexity index is 1220. The van der Waals surface area contributed by atoms with Crippen LogP contribution in [0.2, 0.25) is 0 Å². The molecular weight excluding hydrogens is 408 g/mol. The van der Waals surface area contributed by atoms with Crippen LogP contribution in [0.3, 0.4) is 0 Å². The van der Waals surface area contributed by atoms with Crippen LogP contribution < -0.4 is 14.8 Å². The van der Waals surface area contributed by atoms with E-state index in [4.69, 9.17) is 9.47 Å². The molecule has 2 aromatic heterocycles. The molecule has 2 N–H and O–H groups in total. The Kier molecular flexibility index (Phi) is 6.21. The first-order chi connectivity index (χ1) is 15.6. The number of aromatic nitrogens is 3. The summed E-state index contributed by atoms with van der Waals surface area (Å²) in [5.74, 6) is 1.42. The number of rotatable bonds is 8. The first-order valence-electron chi connectivity index (χ1n) is 10.3. The van der Waals surface area contributed by atoms with Crippen molar-refractivity contribution in [1.29, 1.82) is 0 Å². The lowest BCUT2D eigenvalue weighted by Crippen LogP contribution is -2.20. The molecule has 0 bridgehead atoms. The maximum atomic E-state index is 12.9. The van der Waals surface area contributed by atoms with Crippen molar-refractivity contribution in [3.63, 3.8) is 0 Å². The SMILES string of the molecule is CCOc1ccc(C(CC(=O)Nc2ccncn2)n2cc3ccccc3c2O)cc1OC. The molecule has 0 fully saturated rings. The molecule has 4 rings (SSSR count). The molecule has 8 heteroatoms. The van der Waals surface area contributed by atoms with E-state index in [1.165, 1.54) is 6.33 Å². The van der Waals surface area contributed by atoms with Crippen molar-refractivity contribution in [2.45, 2.75) is 19.4 Å². The Balaban J connectivity index is 1.74. The number of aromatic hydroxyl groups is 1. The second-order valence-electron chi connectivity index (χ2n) is 7.15. The van der Waals surface area contributed by atoms with Crippen LogP contribution in [0.5, 0.6) is 17.4 Å². The van der Waals surface area contributed by atoms with E-state index in [2.05, 4.69) is 15.3 Å². The second kappa shape index (κ2) is 9.38. The fourth-order valence-corrected chi connectivity index (χ4v) is 3.68. The Hall–Kier alpha value is -4.07. The highest BCUT2D eigenvalue weighted by Crippen LogP contribution is 2.37. The summed E-state index contributed by atoms with van der Waals surface area (Å²) in [6, 6.07) is 14.2. The predicted octanol–water partition coefficient (Wildman–Crippen LogP) is 4.16. The van der Waals surface area contributed by atoms with Gasteiger partial charge in [0.1, 0.15) is 12.1 Å². The second-order valence-corrected chi connectivity index (χ2v) is 7.15. The van der Waals surface area contributed by atoms with Gasteiger partial charge in [-0.15, -0.1) is 0 Å². The number of fused-ring (bicyclic) bond motifs is 1. The number of ether oxygens (including phenoxy) is 2. The average Bonchev–Trinajstić information content (AvgIpc) is 3.15. The van der Waals surface area contributed by atoms with E-state index < -0.39 is 6.04 Å². The van der Waals surface area contributed by atoms with Crippen LogP contribution >= 0.6 is 0 Å². The lowest BCUT2D eigenvalue weighted by molar-refractivity contribution is -0.116. The number of carbonyl (C=O) groups is 1. The number of nitrogens with zero attached hydrogens (tertiary/aromatic N) is 3. The summed E-state index contributed by atoms with van der Waals surface area (Å²) in [5, 5.41) is 15.3.